The van der Waals surface area contributed by atoms with Crippen LogP contribution >= 0.6 is 11.6 Å². The highest BCUT2D eigenvalue weighted by Gasteiger charge is 2.24. The number of nitrogens with zero attached hydrogens (tertiary/aromatic N) is 2. The van der Waals surface area contributed by atoms with Crippen LogP contribution in [0.25, 0.3) is 0 Å². The van der Waals surface area contributed by atoms with Crippen molar-refractivity contribution >= 4 is 23.2 Å². The minimum Gasteiger partial charge on any atom is -0.396 e. The molecule has 0 bridgehead atoms. The lowest BCUT2D eigenvalue weighted by Gasteiger charge is -2.34. The summed E-state index contributed by atoms with van der Waals surface area (Å²) in [7, 11) is 0. The summed E-state index contributed by atoms with van der Waals surface area (Å²) in [6, 6.07) is 7.09. The monoisotopic (exact) mass is 321 g/mol. The van der Waals surface area contributed by atoms with Gasteiger partial charge in [0.05, 0.1) is 17.8 Å². The zero-order valence-corrected chi connectivity index (χ0v) is 13.1. The van der Waals surface area contributed by atoms with E-state index in [4.69, 9.17) is 22.0 Å². The van der Waals surface area contributed by atoms with Crippen LogP contribution in [0.1, 0.15) is 31.2 Å². The second-order valence-corrected chi connectivity index (χ2v) is 5.92. The van der Waals surface area contributed by atoms with Crippen LogP contribution < -0.4 is 5.32 Å². The number of aliphatic hydroxyl groups excluding tert-OH is 1. The lowest BCUT2D eigenvalue weighted by Crippen LogP contribution is -2.44. The number of hydrogen-bond acceptors (Lipinski definition) is 4. The fourth-order valence-corrected chi connectivity index (χ4v) is 3.01. The Bertz CT molecular complexity index is 569. The van der Waals surface area contributed by atoms with Crippen molar-refractivity contribution in [3.05, 3.63) is 28.8 Å². The van der Waals surface area contributed by atoms with E-state index in [1.54, 1.807) is 18.2 Å². The number of carbonyl (C=O) groups excluding carboxylic acids is 1. The van der Waals surface area contributed by atoms with Crippen molar-refractivity contribution in [1.82, 2.24) is 4.90 Å². The number of rotatable bonds is 5. The molecular formula is C16H20ClN3O2. The van der Waals surface area contributed by atoms with Crippen LogP contribution in [-0.4, -0.2) is 41.7 Å². The Labute approximate surface area is 135 Å². The second kappa shape index (κ2) is 8.14. The number of aliphatic hydroxyl groups is 1. The highest BCUT2D eigenvalue weighted by atomic mass is 35.5. The molecule has 1 heterocycles. The van der Waals surface area contributed by atoms with E-state index < -0.39 is 0 Å². The van der Waals surface area contributed by atoms with E-state index in [9.17, 15) is 4.79 Å². The first-order valence-electron chi connectivity index (χ1n) is 7.48. The first kappa shape index (κ1) is 16.8. The molecule has 0 spiro atoms. The standard InChI is InChI=1S/C16H20ClN3O2/c17-13-5-4-12(10-18)15(9-13)19-16(22)11-20-7-2-1-3-14(20)6-8-21/h4-5,9,14,21H,1-3,6-8,11H2,(H,19,22). The van der Waals surface area contributed by atoms with E-state index in [2.05, 4.69) is 10.2 Å². The van der Waals surface area contributed by atoms with E-state index in [-0.39, 0.29) is 25.1 Å². The quantitative estimate of drug-likeness (QED) is 0.873. The molecule has 2 N–H and O–H groups in total. The number of likely N-dealkylation sites (tertiary alicyclic amines) is 1. The Hall–Kier alpha value is -1.61. The van der Waals surface area contributed by atoms with Crippen LogP contribution in [0.15, 0.2) is 18.2 Å². The summed E-state index contributed by atoms with van der Waals surface area (Å²) in [6.07, 6.45) is 3.90. The molecule has 118 valence electrons. The molecule has 1 aromatic rings. The van der Waals surface area contributed by atoms with Gasteiger partial charge in [0.1, 0.15) is 6.07 Å². The van der Waals surface area contributed by atoms with Crippen molar-refractivity contribution in [3.63, 3.8) is 0 Å². The van der Waals surface area contributed by atoms with Crippen LogP contribution in [0.3, 0.4) is 0 Å². The van der Waals surface area contributed by atoms with Gasteiger partial charge in [0, 0.05) is 17.7 Å². The van der Waals surface area contributed by atoms with Gasteiger partial charge in [0.15, 0.2) is 0 Å². The summed E-state index contributed by atoms with van der Waals surface area (Å²) in [6.45, 7) is 1.26. The van der Waals surface area contributed by atoms with Gasteiger partial charge in [0.25, 0.3) is 0 Å². The molecule has 22 heavy (non-hydrogen) atoms. The first-order valence-corrected chi connectivity index (χ1v) is 7.86. The maximum atomic E-state index is 12.2. The molecule has 0 aromatic heterocycles. The topological polar surface area (TPSA) is 76.4 Å². The van der Waals surface area contributed by atoms with Crippen LogP contribution in [0.2, 0.25) is 5.02 Å². The number of benzene rings is 1. The number of amides is 1. The molecule has 5 nitrogen and oxygen atoms in total. The number of anilines is 1. The van der Waals surface area contributed by atoms with Gasteiger partial charge in [-0.2, -0.15) is 5.26 Å². The van der Waals surface area contributed by atoms with Crippen LogP contribution in [0, 0.1) is 11.3 Å². The zero-order valence-electron chi connectivity index (χ0n) is 12.4. The third-order valence-corrected chi connectivity index (χ3v) is 4.17. The lowest BCUT2D eigenvalue weighted by atomic mass is 9.99. The van der Waals surface area contributed by atoms with Gasteiger partial charge in [0.2, 0.25) is 5.91 Å². The van der Waals surface area contributed by atoms with E-state index in [1.165, 1.54) is 0 Å². The predicted molar refractivity (Wildman–Crippen MR) is 85.7 cm³/mol. The summed E-state index contributed by atoms with van der Waals surface area (Å²) >= 11 is 5.91. The number of hydrogen-bond donors (Lipinski definition) is 2. The molecule has 0 aliphatic carbocycles. The molecule has 1 fully saturated rings. The Morgan fingerprint density at radius 2 is 2.32 bits per heavy atom. The number of nitriles is 1. The van der Waals surface area contributed by atoms with E-state index in [0.29, 0.717) is 22.7 Å². The maximum Gasteiger partial charge on any atom is 0.238 e. The van der Waals surface area contributed by atoms with Gasteiger partial charge in [-0.3, -0.25) is 9.69 Å². The molecule has 0 saturated carbocycles. The number of halogens is 1. The average Bonchev–Trinajstić information content (AvgIpc) is 2.50. The lowest BCUT2D eigenvalue weighted by molar-refractivity contribution is -0.118. The highest BCUT2D eigenvalue weighted by molar-refractivity contribution is 6.31. The van der Waals surface area contributed by atoms with Crippen molar-refractivity contribution in [2.24, 2.45) is 0 Å². The molecule has 1 aliphatic heterocycles. The normalized spacial score (nSPS) is 18.7. The van der Waals surface area contributed by atoms with Gasteiger partial charge < -0.3 is 10.4 Å². The van der Waals surface area contributed by atoms with Crippen LogP contribution in [0.4, 0.5) is 5.69 Å². The van der Waals surface area contributed by atoms with Crippen molar-refractivity contribution in [1.29, 1.82) is 5.26 Å². The fraction of sp³-hybridized carbons (Fsp3) is 0.500. The molecule has 1 aromatic carbocycles. The fourth-order valence-electron chi connectivity index (χ4n) is 2.84. The smallest absolute Gasteiger partial charge is 0.238 e. The molecule has 2 rings (SSSR count). The van der Waals surface area contributed by atoms with E-state index >= 15 is 0 Å². The van der Waals surface area contributed by atoms with E-state index in [0.717, 1.165) is 25.8 Å². The molecule has 6 heteroatoms. The molecule has 1 amide bonds. The molecular weight excluding hydrogens is 302 g/mol. The molecule has 1 aliphatic rings. The summed E-state index contributed by atoms with van der Waals surface area (Å²) in [5.74, 6) is -0.163. The Kier molecular flexibility index (Phi) is 6.20. The van der Waals surface area contributed by atoms with Gasteiger partial charge in [-0.1, -0.05) is 18.0 Å². The largest absolute Gasteiger partial charge is 0.396 e. The average molecular weight is 322 g/mol. The van der Waals surface area contributed by atoms with Crippen LogP contribution in [0.5, 0.6) is 0 Å². The number of nitrogens with one attached hydrogen (secondary N) is 1. The van der Waals surface area contributed by atoms with Gasteiger partial charge in [-0.15, -0.1) is 0 Å². The number of carbonyl (C=O) groups is 1. The molecule has 1 saturated heterocycles. The molecule has 1 atom stereocenters. The Morgan fingerprint density at radius 1 is 1.50 bits per heavy atom. The minimum atomic E-state index is -0.163. The summed E-state index contributed by atoms with van der Waals surface area (Å²) < 4.78 is 0. The minimum absolute atomic E-state index is 0.135. The third-order valence-electron chi connectivity index (χ3n) is 3.93. The maximum absolute atomic E-state index is 12.2. The predicted octanol–water partition coefficient (Wildman–Crippen LogP) is 2.39. The second-order valence-electron chi connectivity index (χ2n) is 5.48. The van der Waals surface area contributed by atoms with Gasteiger partial charge in [-0.25, -0.2) is 0 Å². The summed E-state index contributed by atoms with van der Waals surface area (Å²) in [5.41, 5.74) is 0.832. The Morgan fingerprint density at radius 3 is 3.05 bits per heavy atom. The van der Waals surface area contributed by atoms with Gasteiger partial charge in [-0.05, 0) is 44.0 Å². The Balaban J connectivity index is 2.00. The number of piperidine rings is 1. The highest BCUT2D eigenvalue weighted by Crippen LogP contribution is 2.22. The van der Waals surface area contributed by atoms with Crippen molar-refractivity contribution in [2.75, 3.05) is 25.0 Å². The third kappa shape index (κ3) is 4.44. The van der Waals surface area contributed by atoms with Crippen molar-refractivity contribution in [3.8, 4) is 6.07 Å². The van der Waals surface area contributed by atoms with Gasteiger partial charge >= 0.3 is 0 Å². The van der Waals surface area contributed by atoms with E-state index in [1.807, 2.05) is 6.07 Å². The molecule has 1 unspecified atom stereocenters. The SMILES string of the molecule is N#Cc1ccc(Cl)cc1NC(=O)CN1CCCCC1CCO. The first-order chi connectivity index (χ1) is 10.6. The summed E-state index contributed by atoms with van der Waals surface area (Å²) in [4.78, 5) is 14.3. The van der Waals surface area contributed by atoms with Crippen molar-refractivity contribution in [2.45, 2.75) is 31.7 Å². The zero-order chi connectivity index (χ0) is 15.9. The van der Waals surface area contributed by atoms with Crippen LogP contribution in [-0.2, 0) is 4.79 Å². The van der Waals surface area contributed by atoms with Crippen molar-refractivity contribution < 1.29 is 9.90 Å². The molecule has 0 radical (unpaired) electrons. The summed E-state index contributed by atoms with van der Waals surface area (Å²) in [5, 5.41) is 21.4.